The monoisotopic (exact) mass is 305 g/mol. The number of aryl methyl sites for hydroxylation is 1. The van der Waals surface area contributed by atoms with Crippen LogP contribution in [0.3, 0.4) is 0 Å². The molecule has 0 radical (unpaired) electrons. The summed E-state index contributed by atoms with van der Waals surface area (Å²) in [6.07, 6.45) is 0. The van der Waals surface area contributed by atoms with Gasteiger partial charge in [-0.05, 0) is 54.9 Å². The molecule has 1 unspecified atom stereocenters. The van der Waals surface area contributed by atoms with Crippen molar-refractivity contribution in [3.8, 4) is 11.5 Å². The van der Waals surface area contributed by atoms with Crippen LogP contribution in [0.25, 0.3) is 0 Å². The van der Waals surface area contributed by atoms with Gasteiger partial charge in [-0.2, -0.15) is 0 Å². The molecule has 0 saturated carbocycles. The van der Waals surface area contributed by atoms with Gasteiger partial charge in [0.05, 0.1) is 20.3 Å². The number of rotatable bonds is 5. The molecular weight excluding hydrogens is 286 g/mol. The van der Waals surface area contributed by atoms with Gasteiger partial charge >= 0.3 is 0 Å². The Hall–Kier alpha value is -1.71. The van der Waals surface area contributed by atoms with Gasteiger partial charge in [0.15, 0.2) is 11.5 Å². The Balaban J connectivity index is 2.45. The molecule has 1 atom stereocenters. The Labute approximate surface area is 130 Å². The molecule has 0 bridgehead atoms. The normalized spacial score (nSPS) is 12.0. The fraction of sp³-hybridized carbons (Fsp3) is 0.294. The molecule has 0 aliphatic carbocycles. The second-order valence-electron chi connectivity index (χ2n) is 4.90. The maximum atomic E-state index is 6.17. The van der Waals surface area contributed by atoms with E-state index >= 15 is 0 Å². The Morgan fingerprint density at radius 2 is 1.67 bits per heavy atom. The maximum Gasteiger partial charge on any atom is 0.161 e. The molecule has 112 valence electrons. The van der Waals surface area contributed by atoms with E-state index in [0.717, 1.165) is 27.5 Å². The van der Waals surface area contributed by atoms with E-state index in [2.05, 4.69) is 11.4 Å². The average molecular weight is 306 g/mol. The van der Waals surface area contributed by atoms with Crippen molar-refractivity contribution < 1.29 is 9.47 Å². The molecule has 3 nitrogen and oxygen atoms in total. The van der Waals surface area contributed by atoms with Crippen LogP contribution < -0.4 is 14.8 Å². The number of hydrogen-bond acceptors (Lipinski definition) is 3. The van der Waals surface area contributed by atoms with Crippen LogP contribution >= 0.6 is 11.6 Å². The quantitative estimate of drug-likeness (QED) is 0.906. The minimum absolute atomic E-state index is 0.0437. The van der Waals surface area contributed by atoms with Gasteiger partial charge in [-0.3, -0.25) is 0 Å². The molecule has 2 rings (SSSR count). The standard InChI is InChI=1S/C17H20ClNO2/c1-11-7-13(9-14(18)8-11)17(19-2)12-5-6-15(20-3)16(10-12)21-4/h5-10,17,19H,1-4H3. The first-order valence-corrected chi connectivity index (χ1v) is 7.13. The van der Waals surface area contributed by atoms with Crippen LogP contribution in [0.4, 0.5) is 0 Å². The molecule has 0 aliphatic heterocycles. The summed E-state index contributed by atoms with van der Waals surface area (Å²) in [7, 11) is 5.20. The summed E-state index contributed by atoms with van der Waals surface area (Å²) < 4.78 is 10.7. The van der Waals surface area contributed by atoms with Gasteiger partial charge in [-0.25, -0.2) is 0 Å². The summed E-state index contributed by atoms with van der Waals surface area (Å²) in [5.74, 6) is 1.44. The zero-order valence-electron chi connectivity index (χ0n) is 12.7. The van der Waals surface area contributed by atoms with Crippen LogP contribution in [0.2, 0.25) is 5.02 Å². The average Bonchev–Trinajstić information content (AvgIpc) is 2.46. The first-order chi connectivity index (χ1) is 10.1. The number of halogens is 1. The Bertz CT molecular complexity index is 608. The highest BCUT2D eigenvalue weighted by Gasteiger charge is 2.15. The summed E-state index contributed by atoms with van der Waals surface area (Å²) in [4.78, 5) is 0. The molecule has 1 N–H and O–H groups in total. The number of benzene rings is 2. The van der Waals surface area contributed by atoms with Gasteiger partial charge in [0, 0.05) is 5.02 Å². The van der Waals surface area contributed by atoms with Crippen LogP contribution in [0.5, 0.6) is 11.5 Å². The van der Waals surface area contributed by atoms with E-state index in [4.69, 9.17) is 21.1 Å². The van der Waals surface area contributed by atoms with Gasteiger partial charge in [0.25, 0.3) is 0 Å². The lowest BCUT2D eigenvalue weighted by atomic mass is 9.97. The number of nitrogens with one attached hydrogen (secondary N) is 1. The first-order valence-electron chi connectivity index (χ1n) is 6.75. The highest BCUT2D eigenvalue weighted by molar-refractivity contribution is 6.30. The van der Waals surface area contributed by atoms with Crippen molar-refractivity contribution in [2.24, 2.45) is 0 Å². The van der Waals surface area contributed by atoms with Crippen LogP contribution in [0.15, 0.2) is 36.4 Å². The van der Waals surface area contributed by atoms with Gasteiger partial charge < -0.3 is 14.8 Å². The second kappa shape index (κ2) is 6.83. The molecule has 0 saturated heterocycles. The highest BCUT2D eigenvalue weighted by atomic mass is 35.5. The van der Waals surface area contributed by atoms with E-state index in [1.54, 1.807) is 14.2 Å². The minimum Gasteiger partial charge on any atom is -0.493 e. The fourth-order valence-electron chi connectivity index (χ4n) is 2.49. The minimum atomic E-state index is 0.0437. The highest BCUT2D eigenvalue weighted by Crippen LogP contribution is 2.33. The molecule has 0 spiro atoms. The Morgan fingerprint density at radius 3 is 2.24 bits per heavy atom. The summed E-state index contributed by atoms with van der Waals surface area (Å²) in [5, 5.41) is 4.06. The molecule has 0 aliphatic rings. The second-order valence-corrected chi connectivity index (χ2v) is 5.33. The summed E-state index contributed by atoms with van der Waals surface area (Å²) in [6.45, 7) is 2.04. The van der Waals surface area contributed by atoms with Crippen LogP contribution in [-0.2, 0) is 0 Å². The lowest BCUT2D eigenvalue weighted by Crippen LogP contribution is -2.18. The lowest BCUT2D eigenvalue weighted by molar-refractivity contribution is 0.354. The van der Waals surface area contributed by atoms with Crippen LogP contribution in [-0.4, -0.2) is 21.3 Å². The SMILES string of the molecule is CNC(c1cc(C)cc(Cl)c1)c1ccc(OC)c(OC)c1. The van der Waals surface area contributed by atoms with Crippen LogP contribution in [0.1, 0.15) is 22.7 Å². The topological polar surface area (TPSA) is 30.5 Å². The molecular formula is C17H20ClNO2. The van der Waals surface area contributed by atoms with Crippen molar-refractivity contribution in [1.82, 2.24) is 5.32 Å². The zero-order valence-corrected chi connectivity index (χ0v) is 13.5. The largest absolute Gasteiger partial charge is 0.493 e. The molecule has 4 heteroatoms. The summed E-state index contributed by atoms with van der Waals surface area (Å²) in [5.41, 5.74) is 3.35. The fourth-order valence-corrected chi connectivity index (χ4v) is 2.79. The number of hydrogen-bond donors (Lipinski definition) is 1. The molecule has 21 heavy (non-hydrogen) atoms. The third-order valence-corrected chi connectivity index (χ3v) is 3.65. The predicted octanol–water partition coefficient (Wildman–Crippen LogP) is 3.97. The van der Waals surface area contributed by atoms with E-state index in [0.29, 0.717) is 5.75 Å². The van der Waals surface area contributed by atoms with Crippen molar-refractivity contribution >= 4 is 11.6 Å². The number of ether oxygens (including phenoxy) is 2. The predicted molar refractivity (Wildman–Crippen MR) is 86.6 cm³/mol. The third kappa shape index (κ3) is 3.49. The van der Waals surface area contributed by atoms with Crippen molar-refractivity contribution in [2.45, 2.75) is 13.0 Å². The Kier molecular flexibility index (Phi) is 5.10. The summed E-state index contributed by atoms with van der Waals surface area (Å²) >= 11 is 6.17. The lowest BCUT2D eigenvalue weighted by Gasteiger charge is -2.19. The summed E-state index contributed by atoms with van der Waals surface area (Å²) in [6, 6.07) is 12.0. The van der Waals surface area contributed by atoms with Crippen molar-refractivity contribution in [1.29, 1.82) is 0 Å². The maximum absolute atomic E-state index is 6.17. The molecule has 0 aromatic heterocycles. The van der Waals surface area contributed by atoms with Crippen LogP contribution in [0, 0.1) is 6.92 Å². The van der Waals surface area contributed by atoms with Gasteiger partial charge in [0.2, 0.25) is 0 Å². The van der Waals surface area contributed by atoms with Crippen molar-refractivity contribution in [3.05, 3.63) is 58.1 Å². The molecule has 0 amide bonds. The third-order valence-electron chi connectivity index (χ3n) is 3.43. The number of methoxy groups -OCH3 is 2. The van der Waals surface area contributed by atoms with Gasteiger partial charge in [0.1, 0.15) is 0 Å². The van der Waals surface area contributed by atoms with E-state index in [1.165, 1.54) is 0 Å². The van der Waals surface area contributed by atoms with Crippen molar-refractivity contribution in [3.63, 3.8) is 0 Å². The van der Waals surface area contributed by atoms with E-state index < -0.39 is 0 Å². The van der Waals surface area contributed by atoms with Gasteiger partial charge in [-0.1, -0.05) is 23.7 Å². The van der Waals surface area contributed by atoms with E-state index in [1.807, 2.05) is 44.3 Å². The van der Waals surface area contributed by atoms with Crippen molar-refractivity contribution in [2.75, 3.05) is 21.3 Å². The molecule has 2 aromatic carbocycles. The smallest absolute Gasteiger partial charge is 0.161 e. The molecule has 0 fully saturated rings. The Morgan fingerprint density at radius 1 is 0.952 bits per heavy atom. The van der Waals surface area contributed by atoms with Gasteiger partial charge in [-0.15, -0.1) is 0 Å². The first kappa shape index (κ1) is 15.7. The zero-order chi connectivity index (χ0) is 15.4. The van der Waals surface area contributed by atoms with E-state index in [9.17, 15) is 0 Å². The molecule has 0 heterocycles. The van der Waals surface area contributed by atoms with E-state index in [-0.39, 0.29) is 6.04 Å². The molecule has 2 aromatic rings.